The van der Waals surface area contributed by atoms with Crippen LogP contribution in [-0.2, 0) is 12.8 Å². The van der Waals surface area contributed by atoms with Crippen LogP contribution in [0, 0.1) is 0 Å². The highest BCUT2D eigenvalue weighted by molar-refractivity contribution is 5.36. The molecule has 0 saturated carbocycles. The molecule has 0 spiro atoms. The molecule has 0 saturated heterocycles. The van der Waals surface area contributed by atoms with E-state index in [-0.39, 0.29) is 6.04 Å². The largest absolute Gasteiger partial charge is 0.497 e. The van der Waals surface area contributed by atoms with E-state index in [0.29, 0.717) is 5.92 Å². The second kappa shape index (κ2) is 6.31. The number of hydrogen-bond donors (Lipinski definition) is 1. The molecule has 0 fully saturated rings. The van der Waals surface area contributed by atoms with Crippen LogP contribution in [-0.4, -0.2) is 13.2 Å². The standard InChI is InChI=1S/C19H23NO/c1-21-16-10-6-14(7-11-16)8-13-19(20)18-12-9-15-4-2-3-5-17(15)18/h2-7,10-11,18-19H,8-9,12-13,20H2,1H3. The molecule has 0 aromatic heterocycles. The van der Waals surface area contributed by atoms with Gasteiger partial charge in [-0.15, -0.1) is 0 Å². The molecule has 2 heteroatoms. The first-order chi connectivity index (χ1) is 10.3. The molecule has 0 heterocycles. The Labute approximate surface area is 126 Å². The molecule has 0 radical (unpaired) electrons. The Morgan fingerprint density at radius 2 is 1.90 bits per heavy atom. The minimum atomic E-state index is 0.246. The monoisotopic (exact) mass is 281 g/mol. The minimum Gasteiger partial charge on any atom is -0.497 e. The van der Waals surface area contributed by atoms with Gasteiger partial charge in [-0.3, -0.25) is 0 Å². The number of fused-ring (bicyclic) bond motifs is 1. The summed E-state index contributed by atoms with van der Waals surface area (Å²) in [6.45, 7) is 0. The molecule has 21 heavy (non-hydrogen) atoms. The van der Waals surface area contributed by atoms with Crippen LogP contribution < -0.4 is 10.5 Å². The number of methoxy groups -OCH3 is 1. The molecule has 3 rings (SSSR count). The molecule has 2 aromatic carbocycles. The lowest BCUT2D eigenvalue weighted by Crippen LogP contribution is -2.27. The molecule has 2 atom stereocenters. The highest BCUT2D eigenvalue weighted by Crippen LogP contribution is 2.35. The van der Waals surface area contributed by atoms with Gasteiger partial charge in [-0.25, -0.2) is 0 Å². The van der Waals surface area contributed by atoms with Gasteiger partial charge in [0.15, 0.2) is 0 Å². The summed E-state index contributed by atoms with van der Waals surface area (Å²) >= 11 is 0. The van der Waals surface area contributed by atoms with Crippen molar-refractivity contribution in [3.05, 3.63) is 65.2 Å². The van der Waals surface area contributed by atoms with E-state index < -0.39 is 0 Å². The Hall–Kier alpha value is -1.80. The highest BCUT2D eigenvalue weighted by atomic mass is 16.5. The molecule has 110 valence electrons. The molecule has 1 aliphatic carbocycles. The van der Waals surface area contributed by atoms with Crippen molar-refractivity contribution in [1.82, 2.24) is 0 Å². The third-order valence-electron chi connectivity index (χ3n) is 4.62. The molecule has 2 aromatic rings. The average molecular weight is 281 g/mol. The molecular formula is C19H23NO. The quantitative estimate of drug-likeness (QED) is 0.907. The van der Waals surface area contributed by atoms with Gasteiger partial charge in [-0.1, -0.05) is 36.4 Å². The van der Waals surface area contributed by atoms with E-state index in [9.17, 15) is 0 Å². The van der Waals surface area contributed by atoms with Gasteiger partial charge in [0.2, 0.25) is 0 Å². The van der Waals surface area contributed by atoms with Gasteiger partial charge < -0.3 is 10.5 Å². The van der Waals surface area contributed by atoms with Crippen LogP contribution >= 0.6 is 0 Å². The smallest absolute Gasteiger partial charge is 0.118 e. The zero-order valence-electron chi connectivity index (χ0n) is 12.6. The summed E-state index contributed by atoms with van der Waals surface area (Å²) in [5.74, 6) is 1.44. The van der Waals surface area contributed by atoms with Crippen LogP contribution in [0.3, 0.4) is 0 Å². The van der Waals surface area contributed by atoms with E-state index in [1.807, 2.05) is 12.1 Å². The minimum absolute atomic E-state index is 0.246. The summed E-state index contributed by atoms with van der Waals surface area (Å²) in [6, 6.07) is 17.3. The number of hydrogen-bond acceptors (Lipinski definition) is 2. The van der Waals surface area contributed by atoms with Gasteiger partial charge in [0, 0.05) is 6.04 Å². The fourth-order valence-electron chi connectivity index (χ4n) is 3.36. The molecule has 2 N–H and O–H groups in total. The van der Waals surface area contributed by atoms with Crippen LogP contribution in [0.2, 0.25) is 0 Å². The van der Waals surface area contributed by atoms with E-state index in [4.69, 9.17) is 10.5 Å². The Morgan fingerprint density at radius 3 is 2.67 bits per heavy atom. The maximum absolute atomic E-state index is 6.47. The zero-order valence-corrected chi connectivity index (χ0v) is 12.6. The molecule has 1 aliphatic rings. The summed E-state index contributed by atoms with van der Waals surface area (Å²) in [6.07, 6.45) is 4.44. The Bertz CT molecular complexity index is 591. The lowest BCUT2D eigenvalue weighted by atomic mass is 9.90. The third kappa shape index (κ3) is 3.11. The lowest BCUT2D eigenvalue weighted by Gasteiger charge is -2.20. The molecule has 0 amide bonds. The predicted octanol–water partition coefficient (Wildman–Crippen LogP) is 3.69. The van der Waals surface area contributed by atoms with Gasteiger partial charge >= 0.3 is 0 Å². The number of rotatable bonds is 5. The average Bonchev–Trinajstić information content (AvgIpc) is 2.97. The second-order valence-electron chi connectivity index (χ2n) is 5.89. The predicted molar refractivity (Wildman–Crippen MR) is 86.8 cm³/mol. The van der Waals surface area contributed by atoms with E-state index in [2.05, 4.69) is 36.4 Å². The Kier molecular flexibility index (Phi) is 4.26. The van der Waals surface area contributed by atoms with E-state index in [0.717, 1.165) is 18.6 Å². The van der Waals surface area contributed by atoms with Crippen LogP contribution in [0.25, 0.3) is 0 Å². The summed E-state index contributed by atoms with van der Waals surface area (Å²) < 4.78 is 5.19. The van der Waals surface area contributed by atoms with E-state index in [1.54, 1.807) is 7.11 Å². The van der Waals surface area contributed by atoms with Crippen molar-refractivity contribution >= 4 is 0 Å². The number of nitrogens with two attached hydrogens (primary N) is 1. The fourth-order valence-corrected chi connectivity index (χ4v) is 3.36. The second-order valence-corrected chi connectivity index (χ2v) is 5.89. The maximum atomic E-state index is 6.47. The summed E-state index contributed by atoms with van der Waals surface area (Å²) in [5.41, 5.74) is 10.8. The number of benzene rings is 2. The van der Waals surface area contributed by atoms with Crippen LogP contribution in [0.5, 0.6) is 5.75 Å². The summed E-state index contributed by atoms with van der Waals surface area (Å²) in [7, 11) is 1.70. The number of ether oxygens (including phenoxy) is 1. The SMILES string of the molecule is COc1ccc(CCC(N)C2CCc3ccccc32)cc1. The molecule has 0 bridgehead atoms. The van der Waals surface area contributed by atoms with Gasteiger partial charge in [0.1, 0.15) is 5.75 Å². The Morgan fingerprint density at radius 1 is 1.14 bits per heavy atom. The topological polar surface area (TPSA) is 35.2 Å². The fraction of sp³-hybridized carbons (Fsp3) is 0.368. The molecule has 2 nitrogen and oxygen atoms in total. The highest BCUT2D eigenvalue weighted by Gasteiger charge is 2.26. The van der Waals surface area contributed by atoms with Crippen molar-refractivity contribution in [2.24, 2.45) is 5.73 Å². The molecule has 2 unspecified atom stereocenters. The number of aryl methyl sites for hydroxylation is 2. The lowest BCUT2D eigenvalue weighted by molar-refractivity contribution is 0.414. The zero-order chi connectivity index (χ0) is 14.7. The Balaban J connectivity index is 1.60. The third-order valence-corrected chi connectivity index (χ3v) is 4.62. The first-order valence-electron chi connectivity index (χ1n) is 7.74. The molecular weight excluding hydrogens is 258 g/mol. The normalized spacial score (nSPS) is 18.3. The van der Waals surface area contributed by atoms with Crippen LogP contribution in [0.15, 0.2) is 48.5 Å². The van der Waals surface area contributed by atoms with Crippen molar-refractivity contribution in [1.29, 1.82) is 0 Å². The molecule has 0 aliphatic heterocycles. The van der Waals surface area contributed by atoms with Crippen molar-refractivity contribution in [3.63, 3.8) is 0 Å². The summed E-state index contributed by atoms with van der Waals surface area (Å²) in [4.78, 5) is 0. The van der Waals surface area contributed by atoms with Crippen molar-refractivity contribution in [2.45, 2.75) is 37.6 Å². The van der Waals surface area contributed by atoms with Gasteiger partial charge in [0.25, 0.3) is 0 Å². The first kappa shape index (κ1) is 14.2. The van der Waals surface area contributed by atoms with Gasteiger partial charge in [-0.2, -0.15) is 0 Å². The van der Waals surface area contributed by atoms with Crippen molar-refractivity contribution in [2.75, 3.05) is 7.11 Å². The van der Waals surface area contributed by atoms with Gasteiger partial charge in [0.05, 0.1) is 7.11 Å². The van der Waals surface area contributed by atoms with Crippen LogP contribution in [0.1, 0.15) is 35.4 Å². The van der Waals surface area contributed by atoms with E-state index in [1.165, 1.54) is 29.5 Å². The van der Waals surface area contributed by atoms with Crippen molar-refractivity contribution < 1.29 is 4.74 Å². The summed E-state index contributed by atoms with van der Waals surface area (Å²) in [5, 5.41) is 0. The van der Waals surface area contributed by atoms with Gasteiger partial charge in [-0.05, 0) is 60.4 Å². The van der Waals surface area contributed by atoms with Crippen molar-refractivity contribution in [3.8, 4) is 5.75 Å². The maximum Gasteiger partial charge on any atom is 0.118 e. The van der Waals surface area contributed by atoms with E-state index >= 15 is 0 Å². The first-order valence-corrected chi connectivity index (χ1v) is 7.74. The van der Waals surface area contributed by atoms with Crippen LogP contribution in [0.4, 0.5) is 0 Å².